The molecule has 0 aliphatic carbocycles. The molecule has 0 bridgehead atoms. The fourth-order valence-electron chi connectivity index (χ4n) is 1.91. The number of aromatic nitrogens is 2. The molecule has 0 saturated heterocycles. The van der Waals surface area contributed by atoms with Gasteiger partial charge in [0.05, 0.1) is 30.0 Å². The van der Waals surface area contributed by atoms with Crippen LogP contribution in [0.25, 0.3) is 10.9 Å². The van der Waals surface area contributed by atoms with E-state index in [2.05, 4.69) is 9.72 Å². The zero-order chi connectivity index (χ0) is 15.6. The van der Waals surface area contributed by atoms with Gasteiger partial charge in [0.25, 0.3) is 5.56 Å². The van der Waals surface area contributed by atoms with Gasteiger partial charge in [0.2, 0.25) is 0 Å². The summed E-state index contributed by atoms with van der Waals surface area (Å²) in [6.07, 6.45) is -0.205. The second-order valence-corrected chi connectivity index (χ2v) is 4.67. The molecule has 0 aliphatic rings. The summed E-state index contributed by atoms with van der Waals surface area (Å²) in [5.74, 6) is -1.54. The Morgan fingerprint density at radius 3 is 2.76 bits per heavy atom. The number of benzene rings is 1. The number of nitrogens with zero attached hydrogens (tertiary/aromatic N) is 1. The van der Waals surface area contributed by atoms with Crippen molar-refractivity contribution in [2.45, 2.75) is 13.0 Å². The van der Waals surface area contributed by atoms with Crippen LogP contribution in [-0.2, 0) is 16.1 Å². The van der Waals surface area contributed by atoms with Crippen molar-refractivity contribution in [2.24, 2.45) is 0 Å². The van der Waals surface area contributed by atoms with Crippen molar-refractivity contribution < 1.29 is 19.4 Å². The minimum absolute atomic E-state index is 0.0157. The zero-order valence-corrected chi connectivity index (χ0v) is 11.9. The summed E-state index contributed by atoms with van der Waals surface area (Å²) in [6, 6.07) is 4.42. The average Bonchev–Trinajstić information content (AvgIpc) is 2.45. The number of carboxylic acids is 1. The van der Waals surface area contributed by atoms with Crippen LogP contribution in [0.4, 0.5) is 0 Å². The van der Waals surface area contributed by atoms with E-state index in [1.165, 1.54) is 29.9 Å². The third kappa shape index (κ3) is 3.00. The monoisotopic (exact) mass is 308 g/mol. The number of methoxy groups -OCH3 is 1. The van der Waals surface area contributed by atoms with Crippen LogP contribution < -0.4 is 5.56 Å². The smallest absolute Gasteiger partial charge is 0.337 e. The first-order valence-corrected chi connectivity index (χ1v) is 6.42. The van der Waals surface area contributed by atoms with E-state index in [0.717, 1.165) is 0 Å². The third-order valence-corrected chi connectivity index (χ3v) is 3.27. The lowest BCUT2D eigenvalue weighted by molar-refractivity contribution is -0.137. The number of carboxylic acid groups (broad SMARTS) is 1. The Labute approximate surface area is 123 Å². The number of hydrogen-bond donors (Lipinski definition) is 2. The lowest BCUT2D eigenvalue weighted by Crippen LogP contribution is -2.23. The van der Waals surface area contributed by atoms with Crippen molar-refractivity contribution in [3.8, 4) is 0 Å². The number of carbonyl (C=O) groups excluding carboxylic acids is 1. The number of fused-ring (bicyclic) bond motifs is 1. The molecule has 1 aromatic carbocycles. The van der Waals surface area contributed by atoms with Gasteiger partial charge < -0.3 is 14.8 Å². The van der Waals surface area contributed by atoms with Gasteiger partial charge in [0.15, 0.2) is 4.77 Å². The minimum Gasteiger partial charge on any atom is -0.481 e. The second kappa shape index (κ2) is 5.88. The highest BCUT2D eigenvalue weighted by molar-refractivity contribution is 7.71. The summed E-state index contributed by atoms with van der Waals surface area (Å²) in [4.78, 5) is 37.2. The number of hydrogen-bond acceptors (Lipinski definition) is 5. The first-order chi connectivity index (χ1) is 9.93. The molecule has 1 aromatic heterocycles. The number of nitrogens with one attached hydrogen (secondary N) is 1. The van der Waals surface area contributed by atoms with E-state index in [9.17, 15) is 14.4 Å². The quantitative estimate of drug-likeness (QED) is 0.652. The van der Waals surface area contributed by atoms with E-state index in [4.69, 9.17) is 17.3 Å². The van der Waals surface area contributed by atoms with Crippen LogP contribution >= 0.6 is 12.2 Å². The second-order valence-electron chi connectivity index (χ2n) is 4.28. The predicted molar refractivity (Wildman–Crippen MR) is 77.0 cm³/mol. The molecule has 2 aromatic rings. The van der Waals surface area contributed by atoms with Crippen LogP contribution in [0.3, 0.4) is 0 Å². The Kier molecular flexibility index (Phi) is 4.18. The van der Waals surface area contributed by atoms with Crippen LogP contribution in [-0.4, -0.2) is 33.7 Å². The molecule has 1 heterocycles. The Bertz CT molecular complexity index is 837. The number of ether oxygens (including phenoxy) is 1. The fraction of sp³-hybridized carbons (Fsp3) is 0.231. The lowest BCUT2D eigenvalue weighted by Gasteiger charge is -2.07. The number of carbonyl (C=O) groups is 2. The third-order valence-electron chi connectivity index (χ3n) is 2.95. The maximum Gasteiger partial charge on any atom is 0.337 e. The SMILES string of the molecule is COC(=O)c1ccc2c(=O)n(CCC(=O)O)c(=S)[nH]c2c1. The van der Waals surface area contributed by atoms with E-state index >= 15 is 0 Å². The number of esters is 1. The largest absolute Gasteiger partial charge is 0.481 e. The van der Waals surface area contributed by atoms with Gasteiger partial charge in [-0.1, -0.05) is 0 Å². The van der Waals surface area contributed by atoms with Crippen molar-refractivity contribution in [3.63, 3.8) is 0 Å². The van der Waals surface area contributed by atoms with Crippen LogP contribution in [0.1, 0.15) is 16.8 Å². The van der Waals surface area contributed by atoms with Gasteiger partial charge in [0, 0.05) is 6.54 Å². The van der Waals surface area contributed by atoms with Crippen molar-refractivity contribution >= 4 is 35.1 Å². The Balaban J connectivity index is 2.58. The minimum atomic E-state index is -1.02. The van der Waals surface area contributed by atoms with Crippen LogP contribution in [0.5, 0.6) is 0 Å². The first kappa shape index (κ1) is 14.9. The Morgan fingerprint density at radius 1 is 1.43 bits per heavy atom. The number of rotatable bonds is 4. The predicted octanol–water partition coefficient (Wildman–Crippen LogP) is 1.32. The summed E-state index contributed by atoms with van der Waals surface area (Å²) < 4.78 is 5.90. The van der Waals surface area contributed by atoms with Gasteiger partial charge in [-0.2, -0.15) is 0 Å². The van der Waals surface area contributed by atoms with Gasteiger partial charge in [0.1, 0.15) is 0 Å². The maximum atomic E-state index is 12.3. The summed E-state index contributed by atoms with van der Waals surface area (Å²) in [5.41, 5.74) is 0.296. The molecule has 0 unspecified atom stereocenters. The molecule has 0 aliphatic heterocycles. The van der Waals surface area contributed by atoms with Crippen molar-refractivity contribution in [1.29, 1.82) is 0 Å². The van der Waals surface area contributed by atoms with Crippen molar-refractivity contribution in [3.05, 3.63) is 38.9 Å². The molecule has 0 radical (unpaired) electrons. The fourth-order valence-corrected chi connectivity index (χ4v) is 2.19. The molecule has 0 atom stereocenters. The zero-order valence-electron chi connectivity index (χ0n) is 11.1. The first-order valence-electron chi connectivity index (χ1n) is 6.01. The number of aliphatic carboxylic acids is 1. The summed E-state index contributed by atoms with van der Waals surface area (Å²) in [7, 11) is 1.26. The topological polar surface area (TPSA) is 101 Å². The Hall–Kier alpha value is -2.48. The highest BCUT2D eigenvalue weighted by Crippen LogP contribution is 2.11. The van der Waals surface area contributed by atoms with Crippen LogP contribution in [0, 0.1) is 4.77 Å². The molecule has 0 saturated carbocycles. The molecule has 2 rings (SSSR count). The van der Waals surface area contributed by atoms with E-state index in [0.29, 0.717) is 16.5 Å². The maximum absolute atomic E-state index is 12.3. The van der Waals surface area contributed by atoms with Gasteiger partial charge in [-0.15, -0.1) is 0 Å². The van der Waals surface area contributed by atoms with Gasteiger partial charge >= 0.3 is 11.9 Å². The summed E-state index contributed by atoms with van der Waals surface area (Å²) >= 11 is 5.05. The van der Waals surface area contributed by atoms with Crippen molar-refractivity contribution in [1.82, 2.24) is 9.55 Å². The number of aromatic amines is 1. The van der Waals surface area contributed by atoms with E-state index in [-0.39, 0.29) is 17.7 Å². The van der Waals surface area contributed by atoms with E-state index < -0.39 is 17.5 Å². The Morgan fingerprint density at radius 2 is 2.14 bits per heavy atom. The van der Waals surface area contributed by atoms with Crippen LogP contribution in [0.15, 0.2) is 23.0 Å². The molecule has 2 N–H and O–H groups in total. The highest BCUT2D eigenvalue weighted by atomic mass is 32.1. The summed E-state index contributed by atoms with van der Waals surface area (Å²) in [5, 5.41) is 9.00. The summed E-state index contributed by atoms with van der Waals surface area (Å²) in [6.45, 7) is -0.0157. The van der Waals surface area contributed by atoms with Gasteiger partial charge in [-0.05, 0) is 30.4 Å². The lowest BCUT2D eigenvalue weighted by atomic mass is 10.1. The van der Waals surface area contributed by atoms with Crippen LogP contribution in [0.2, 0.25) is 0 Å². The average molecular weight is 308 g/mol. The van der Waals surface area contributed by atoms with Crippen molar-refractivity contribution in [2.75, 3.05) is 7.11 Å². The van der Waals surface area contributed by atoms with E-state index in [1.807, 2.05) is 0 Å². The molecule has 110 valence electrons. The van der Waals surface area contributed by atoms with Gasteiger partial charge in [-0.25, -0.2) is 4.79 Å². The highest BCUT2D eigenvalue weighted by Gasteiger charge is 2.11. The molecule has 8 heteroatoms. The molecule has 0 spiro atoms. The molecule has 0 amide bonds. The normalized spacial score (nSPS) is 10.5. The van der Waals surface area contributed by atoms with E-state index in [1.54, 1.807) is 0 Å². The van der Waals surface area contributed by atoms with Gasteiger partial charge in [-0.3, -0.25) is 14.2 Å². The standard InChI is InChI=1S/C13H12N2O5S/c1-20-12(19)7-2-3-8-9(6-7)14-13(21)15(11(8)18)5-4-10(16)17/h2-3,6H,4-5H2,1H3,(H,14,21)(H,16,17). The molecule has 0 fully saturated rings. The molecular weight excluding hydrogens is 296 g/mol. The molecular formula is C13H12N2O5S. The molecule has 7 nitrogen and oxygen atoms in total. The number of H-pyrrole nitrogens is 1. The molecule has 21 heavy (non-hydrogen) atoms.